The molecule has 6 heteroatoms. The Morgan fingerprint density at radius 2 is 2.33 bits per heavy atom. The van der Waals surface area contributed by atoms with Crippen LogP contribution in [0.4, 0.5) is 11.4 Å². The van der Waals surface area contributed by atoms with Crippen molar-refractivity contribution < 1.29 is 9.66 Å². The molecule has 21 heavy (non-hydrogen) atoms. The molecular weight excluding hydrogens is 270 g/mol. The Kier molecular flexibility index (Phi) is 5.52. The van der Waals surface area contributed by atoms with Crippen LogP contribution in [0.25, 0.3) is 0 Å². The molecule has 1 saturated heterocycles. The van der Waals surface area contributed by atoms with Gasteiger partial charge >= 0.3 is 0 Å². The lowest BCUT2D eigenvalue weighted by molar-refractivity contribution is -0.384. The number of nitro groups is 1. The van der Waals surface area contributed by atoms with E-state index < -0.39 is 0 Å². The van der Waals surface area contributed by atoms with E-state index in [2.05, 4.69) is 17.1 Å². The minimum absolute atomic E-state index is 0.148. The van der Waals surface area contributed by atoms with Gasteiger partial charge in [0.15, 0.2) is 0 Å². The Morgan fingerprint density at radius 1 is 1.52 bits per heavy atom. The quantitative estimate of drug-likeness (QED) is 0.618. The molecular formula is C15H23N3O3. The molecule has 1 aromatic rings. The number of hydrogen-bond donors (Lipinski definition) is 1. The van der Waals surface area contributed by atoms with Gasteiger partial charge in [-0.25, -0.2) is 0 Å². The molecule has 116 valence electrons. The maximum absolute atomic E-state index is 11.0. The maximum atomic E-state index is 11.0. The highest BCUT2D eigenvalue weighted by atomic mass is 16.6. The summed E-state index contributed by atoms with van der Waals surface area (Å²) in [6.07, 6.45) is 2.31. The van der Waals surface area contributed by atoms with Crippen LogP contribution in [0.2, 0.25) is 0 Å². The molecule has 1 heterocycles. The number of nitrogens with zero attached hydrogens (tertiary/aromatic N) is 2. The molecule has 6 nitrogen and oxygen atoms in total. The van der Waals surface area contributed by atoms with Crippen molar-refractivity contribution in [2.75, 3.05) is 32.1 Å². The largest absolute Gasteiger partial charge is 0.385 e. The molecule has 1 atom stereocenters. The van der Waals surface area contributed by atoms with E-state index in [1.54, 1.807) is 19.2 Å². The molecule has 1 aliphatic heterocycles. The molecule has 1 aliphatic rings. The van der Waals surface area contributed by atoms with Crippen LogP contribution in [-0.2, 0) is 11.3 Å². The lowest BCUT2D eigenvalue weighted by atomic mass is 10.1. The first-order chi connectivity index (χ1) is 10.1. The van der Waals surface area contributed by atoms with Crippen molar-refractivity contribution in [3.05, 3.63) is 33.9 Å². The van der Waals surface area contributed by atoms with E-state index in [-0.39, 0.29) is 16.7 Å². The van der Waals surface area contributed by atoms with E-state index in [0.29, 0.717) is 6.54 Å². The van der Waals surface area contributed by atoms with Gasteiger partial charge < -0.3 is 10.1 Å². The number of rotatable bonds is 7. The number of methoxy groups -OCH3 is 1. The van der Waals surface area contributed by atoms with Crippen molar-refractivity contribution in [2.45, 2.75) is 32.4 Å². The van der Waals surface area contributed by atoms with Gasteiger partial charge in [0.2, 0.25) is 0 Å². The molecule has 0 bridgehead atoms. The van der Waals surface area contributed by atoms with Gasteiger partial charge in [-0.05, 0) is 24.5 Å². The fourth-order valence-electron chi connectivity index (χ4n) is 2.63. The summed E-state index contributed by atoms with van der Waals surface area (Å²) in [7, 11) is 1.73. The summed E-state index contributed by atoms with van der Waals surface area (Å²) in [5, 5.41) is 14.3. The molecule has 1 fully saturated rings. The molecule has 1 aromatic carbocycles. The molecule has 0 saturated carbocycles. The highest BCUT2D eigenvalue weighted by molar-refractivity contribution is 5.56. The number of nitrogens with one attached hydrogen (secondary N) is 1. The van der Waals surface area contributed by atoms with Gasteiger partial charge in [-0.15, -0.1) is 0 Å². The van der Waals surface area contributed by atoms with Gasteiger partial charge in [-0.2, -0.15) is 0 Å². The predicted molar refractivity (Wildman–Crippen MR) is 82.6 cm³/mol. The van der Waals surface area contributed by atoms with Crippen LogP contribution in [0, 0.1) is 10.1 Å². The highest BCUT2D eigenvalue weighted by Crippen LogP contribution is 2.25. The zero-order valence-corrected chi connectivity index (χ0v) is 12.7. The second kappa shape index (κ2) is 7.38. The molecule has 1 unspecified atom stereocenters. The Hall–Kier alpha value is -1.66. The normalized spacial score (nSPS) is 18.9. The number of likely N-dealkylation sites (tertiary alicyclic amines) is 1. The van der Waals surface area contributed by atoms with Crippen LogP contribution in [0.15, 0.2) is 18.2 Å². The Morgan fingerprint density at radius 3 is 2.95 bits per heavy atom. The molecule has 1 N–H and O–H groups in total. The molecule has 0 spiro atoms. The molecule has 0 radical (unpaired) electrons. The number of ether oxygens (including phenoxy) is 1. The van der Waals surface area contributed by atoms with Gasteiger partial charge in [0.1, 0.15) is 0 Å². The van der Waals surface area contributed by atoms with Crippen LogP contribution in [0.1, 0.15) is 25.3 Å². The zero-order chi connectivity index (χ0) is 15.2. The number of anilines is 1. The summed E-state index contributed by atoms with van der Waals surface area (Å²) in [6.45, 7) is 5.53. The summed E-state index contributed by atoms with van der Waals surface area (Å²) >= 11 is 0. The van der Waals surface area contributed by atoms with Crippen LogP contribution < -0.4 is 5.32 Å². The number of benzene rings is 1. The first-order valence-electron chi connectivity index (χ1n) is 7.40. The molecule has 0 amide bonds. The zero-order valence-electron chi connectivity index (χ0n) is 12.7. The van der Waals surface area contributed by atoms with E-state index >= 15 is 0 Å². The van der Waals surface area contributed by atoms with Gasteiger partial charge in [-0.3, -0.25) is 15.0 Å². The van der Waals surface area contributed by atoms with Gasteiger partial charge in [0, 0.05) is 51.1 Å². The predicted octanol–water partition coefficient (Wildman–Crippen LogP) is 2.64. The lowest BCUT2D eigenvalue weighted by Crippen LogP contribution is -2.23. The third-order valence-electron chi connectivity index (χ3n) is 3.82. The maximum Gasteiger partial charge on any atom is 0.269 e. The van der Waals surface area contributed by atoms with Crippen molar-refractivity contribution in [1.82, 2.24) is 4.90 Å². The fourth-order valence-corrected chi connectivity index (χ4v) is 2.63. The SMILES string of the molecule is CCCNc1ccc([N+](=O)[O-])cc1CN1CCC(OC)C1. The third kappa shape index (κ3) is 4.15. The minimum atomic E-state index is -0.338. The highest BCUT2D eigenvalue weighted by Gasteiger charge is 2.23. The van der Waals surface area contributed by atoms with Crippen molar-refractivity contribution in [2.24, 2.45) is 0 Å². The fraction of sp³-hybridized carbons (Fsp3) is 0.600. The van der Waals surface area contributed by atoms with E-state index in [0.717, 1.165) is 43.7 Å². The van der Waals surface area contributed by atoms with Gasteiger partial charge in [0.05, 0.1) is 11.0 Å². The average Bonchev–Trinajstić information content (AvgIpc) is 2.93. The van der Waals surface area contributed by atoms with E-state index in [9.17, 15) is 10.1 Å². The molecule has 0 aromatic heterocycles. The lowest BCUT2D eigenvalue weighted by Gasteiger charge is -2.18. The molecule has 2 rings (SSSR count). The Bertz CT molecular complexity index is 493. The van der Waals surface area contributed by atoms with Crippen LogP contribution in [-0.4, -0.2) is 42.7 Å². The van der Waals surface area contributed by atoms with Gasteiger partial charge in [0.25, 0.3) is 5.69 Å². The van der Waals surface area contributed by atoms with Crippen molar-refractivity contribution in [3.63, 3.8) is 0 Å². The Balaban J connectivity index is 2.13. The standard InChI is InChI=1S/C15H23N3O3/c1-3-7-16-15-5-4-13(18(19)20)9-12(15)10-17-8-6-14(11-17)21-2/h4-5,9,14,16H,3,6-8,10-11H2,1-2H3. The van der Waals surface area contributed by atoms with Crippen LogP contribution >= 0.6 is 0 Å². The number of hydrogen-bond acceptors (Lipinski definition) is 5. The number of nitro benzene ring substituents is 1. The van der Waals surface area contributed by atoms with Crippen molar-refractivity contribution in [1.29, 1.82) is 0 Å². The summed E-state index contributed by atoms with van der Waals surface area (Å²) in [6, 6.07) is 5.05. The third-order valence-corrected chi connectivity index (χ3v) is 3.82. The monoisotopic (exact) mass is 293 g/mol. The van der Waals surface area contributed by atoms with Gasteiger partial charge in [-0.1, -0.05) is 6.92 Å². The van der Waals surface area contributed by atoms with Crippen molar-refractivity contribution in [3.8, 4) is 0 Å². The van der Waals surface area contributed by atoms with Crippen LogP contribution in [0.5, 0.6) is 0 Å². The van der Waals surface area contributed by atoms with E-state index in [1.807, 2.05) is 6.07 Å². The summed E-state index contributed by atoms with van der Waals surface area (Å²) < 4.78 is 5.37. The Labute approximate surface area is 125 Å². The smallest absolute Gasteiger partial charge is 0.269 e. The first-order valence-corrected chi connectivity index (χ1v) is 7.40. The summed E-state index contributed by atoms with van der Waals surface area (Å²) in [5.74, 6) is 0. The van der Waals surface area contributed by atoms with E-state index in [1.165, 1.54) is 0 Å². The van der Waals surface area contributed by atoms with E-state index in [4.69, 9.17) is 4.74 Å². The average molecular weight is 293 g/mol. The minimum Gasteiger partial charge on any atom is -0.385 e. The summed E-state index contributed by atoms with van der Waals surface area (Å²) in [4.78, 5) is 12.9. The first kappa shape index (κ1) is 15.7. The second-order valence-electron chi connectivity index (χ2n) is 5.41. The number of non-ortho nitro benzene ring substituents is 1. The molecule has 0 aliphatic carbocycles. The summed E-state index contributed by atoms with van der Waals surface area (Å²) in [5.41, 5.74) is 2.12. The second-order valence-corrected chi connectivity index (χ2v) is 5.41. The van der Waals surface area contributed by atoms with Crippen molar-refractivity contribution >= 4 is 11.4 Å². The van der Waals surface area contributed by atoms with Crippen LogP contribution in [0.3, 0.4) is 0 Å². The topological polar surface area (TPSA) is 67.6 Å².